The fourth-order valence-corrected chi connectivity index (χ4v) is 5.59. The summed E-state index contributed by atoms with van der Waals surface area (Å²) in [5.41, 5.74) is 10.2. The molecule has 166 valence electrons. The second kappa shape index (κ2) is 7.61. The number of para-hydroxylation sites is 2. The minimum absolute atomic E-state index is 0.0524. The molecule has 3 nitrogen and oxygen atoms in total. The molecule has 0 radical (unpaired) electrons. The number of hydrogen-bond donors (Lipinski definition) is 0. The minimum Gasteiger partial charge on any atom is -0.458 e. The van der Waals surface area contributed by atoms with Gasteiger partial charge in [0, 0.05) is 17.2 Å². The first-order valence-corrected chi connectivity index (χ1v) is 11.9. The van der Waals surface area contributed by atoms with Crippen molar-refractivity contribution in [3.8, 4) is 45.4 Å². The molecule has 7 rings (SSSR count). The monoisotopic (exact) mass is 451 g/mol. The summed E-state index contributed by atoms with van der Waals surface area (Å²) in [4.78, 5) is 4.78. The first-order valence-electron chi connectivity index (χ1n) is 11.9. The molecule has 0 amide bonds. The molecule has 35 heavy (non-hydrogen) atoms. The Kier molecular flexibility index (Phi) is 4.37. The fourth-order valence-electron chi connectivity index (χ4n) is 5.59. The second-order valence-electron chi connectivity index (χ2n) is 9.26. The minimum atomic E-state index is 0.0524. The molecule has 0 fully saturated rings. The van der Waals surface area contributed by atoms with Crippen molar-refractivity contribution in [1.82, 2.24) is 4.98 Å². The van der Waals surface area contributed by atoms with Crippen molar-refractivity contribution in [2.24, 2.45) is 0 Å². The van der Waals surface area contributed by atoms with Gasteiger partial charge >= 0.3 is 0 Å². The number of aromatic nitrogens is 1. The molecular weight excluding hydrogens is 429 g/mol. The van der Waals surface area contributed by atoms with E-state index in [1.54, 1.807) is 0 Å². The topological polar surface area (TPSA) is 31.4 Å². The molecule has 1 aromatic heterocycles. The van der Waals surface area contributed by atoms with Crippen LogP contribution in [0.1, 0.15) is 11.1 Å². The Morgan fingerprint density at radius 1 is 0.657 bits per heavy atom. The van der Waals surface area contributed by atoms with Crippen molar-refractivity contribution < 1.29 is 9.47 Å². The van der Waals surface area contributed by atoms with Gasteiger partial charge in [-0.25, -0.2) is 0 Å². The van der Waals surface area contributed by atoms with E-state index < -0.39 is 0 Å². The van der Waals surface area contributed by atoms with E-state index in [1.807, 2.05) is 30.5 Å². The van der Waals surface area contributed by atoms with Crippen molar-refractivity contribution in [3.63, 3.8) is 0 Å². The summed E-state index contributed by atoms with van der Waals surface area (Å²) in [7, 11) is 0. The number of rotatable bonds is 2. The zero-order valence-corrected chi connectivity index (χ0v) is 19.6. The van der Waals surface area contributed by atoms with Crippen LogP contribution in [0, 0.1) is 13.8 Å². The van der Waals surface area contributed by atoms with Gasteiger partial charge in [-0.3, -0.25) is 4.98 Å². The first-order chi connectivity index (χ1) is 17.2. The van der Waals surface area contributed by atoms with Gasteiger partial charge in [0.05, 0.1) is 5.69 Å². The molecule has 2 aliphatic heterocycles. The molecule has 3 heterocycles. The summed E-state index contributed by atoms with van der Waals surface area (Å²) in [6.45, 7) is 4.37. The van der Waals surface area contributed by atoms with Crippen molar-refractivity contribution in [3.05, 3.63) is 108 Å². The van der Waals surface area contributed by atoms with Crippen molar-refractivity contribution in [2.75, 3.05) is 0 Å². The third-order valence-electron chi connectivity index (χ3n) is 7.14. The molecule has 2 aliphatic rings. The fraction of sp³-hybridized carbons (Fsp3) is 0.0645. The Morgan fingerprint density at radius 3 is 2.09 bits per heavy atom. The van der Waals surface area contributed by atoms with Crippen LogP contribution in [0.4, 0.5) is 0 Å². The number of nitrogens with zero attached hydrogens (tertiary/aromatic N) is 1. The molecule has 4 aromatic carbocycles. The predicted molar refractivity (Wildman–Crippen MR) is 142 cm³/mol. The Bertz CT molecular complexity index is 1610. The Morgan fingerprint density at radius 2 is 1.34 bits per heavy atom. The van der Waals surface area contributed by atoms with E-state index >= 15 is 0 Å². The number of fused-ring (bicyclic) bond motifs is 4. The highest BCUT2D eigenvalue weighted by Crippen LogP contribution is 2.41. The van der Waals surface area contributed by atoms with Gasteiger partial charge in [-0.15, -0.1) is 0 Å². The number of ether oxygens (including phenoxy) is 2. The smallest absolute Gasteiger partial charge is 0.260 e. The standard InChI is InChI=1S/C31H22BNO2/c1-19-8-7-9-20(2)29(19)21-16-17-33-25(18-21)22-14-15-28-30-31(22)35-27-13-6-4-11-24(27)32(30)23-10-3-5-12-26(23)34-28/h3-18H,1-2H3. The quantitative estimate of drug-likeness (QED) is 0.313. The zero-order valence-electron chi connectivity index (χ0n) is 19.6. The average molecular weight is 451 g/mol. The van der Waals surface area contributed by atoms with Crippen molar-refractivity contribution >= 4 is 23.1 Å². The Hall–Kier alpha value is -4.31. The lowest BCUT2D eigenvalue weighted by atomic mass is 9.34. The predicted octanol–water partition coefficient (Wildman–Crippen LogP) is 5.76. The Labute approximate surface area is 205 Å². The van der Waals surface area contributed by atoms with Crippen LogP contribution in [-0.2, 0) is 0 Å². The number of pyridine rings is 1. The van der Waals surface area contributed by atoms with E-state index in [0.717, 1.165) is 56.2 Å². The van der Waals surface area contributed by atoms with Crippen LogP contribution >= 0.6 is 0 Å². The largest absolute Gasteiger partial charge is 0.458 e. The summed E-state index contributed by atoms with van der Waals surface area (Å²) in [5.74, 6) is 3.45. The van der Waals surface area contributed by atoms with Crippen LogP contribution in [0.5, 0.6) is 23.0 Å². The van der Waals surface area contributed by atoms with E-state index in [4.69, 9.17) is 14.5 Å². The van der Waals surface area contributed by atoms with Crippen molar-refractivity contribution in [2.45, 2.75) is 13.8 Å². The van der Waals surface area contributed by atoms with E-state index in [-0.39, 0.29) is 6.71 Å². The van der Waals surface area contributed by atoms with Gasteiger partial charge in [-0.1, -0.05) is 54.6 Å². The van der Waals surface area contributed by atoms with E-state index in [2.05, 4.69) is 80.6 Å². The summed E-state index contributed by atoms with van der Waals surface area (Å²) >= 11 is 0. The van der Waals surface area contributed by atoms with E-state index in [1.165, 1.54) is 16.7 Å². The SMILES string of the molecule is Cc1cccc(C)c1-c1ccnc(-c2ccc3c4c2Oc2ccccc2B4c2ccccc2O3)c1. The van der Waals surface area contributed by atoms with Gasteiger partial charge < -0.3 is 9.47 Å². The maximum atomic E-state index is 6.60. The van der Waals surface area contributed by atoms with Gasteiger partial charge in [-0.2, -0.15) is 0 Å². The van der Waals surface area contributed by atoms with E-state index in [9.17, 15) is 0 Å². The van der Waals surface area contributed by atoms with Gasteiger partial charge in [0.25, 0.3) is 6.71 Å². The maximum absolute atomic E-state index is 6.60. The lowest BCUT2D eigenvalue weighted by Gasteiger charge is -2.33. The summed E-state index contributed by atoms with van der Waals surface area (Å²) in [6.07, 6.45) is 1.89. The van der Waals surface area contributed by atoms with Crippen LogP contribution in [0.15, 0.2) is 97.2 Å². The highest BCUT2D eigenvalue weighted by molar-refractivity contribution is 6.98. The average Bonchev–Trinajstić information content (AvgIpc) is 2.89. The van der Waals surface area contributed by atoms with Crippen molar-refractivity contribution in [1.29, 1.82) is 0 Å². The van der Waals surface area contributed by atoms with Crippen LogP contribution in [-0.4, -0.2) is 11.7 Å². The molecule has 0 N–H and O–H groups in total. The number of aryl methyl sites for hydroxylation is 2. The normalized spacial score (nSPS) is 12.7. The highest BCUT2D eigenvalue weighted by atomic mass is 16.5. The lowest BCUT2D eigenvalue weighted by molar-refractivity contribution is 0.465. The van der Waals surface area contributed by atoms with E-state index in [0.29, 0.717) is 0 Å². The molecule has 0 atom stereocenters. The zero-order chi connectivity index (χ0) is 23.5. The van der Waals surface area contributed by atoms with Crippen LogP contribution < -0.4 is 25.9 Å². The summed E-state index contributed by atoms with van der Waals surface area (Å²) in [5, 5.41) is 0. The first kappa shape index (κ1) is 20.1. The van der Waals surface area contributed by atoms with Gasteiger partial charge in [0.1, 0.15) is 23.0 Å². The third kappa shape index (κ3) is 3.03. The van der Waals surface area contributed by atoms with Crippen LogP contribution in [0.3, 0.4) is 0 Å². The number of benzene rings is 4. The maximum Gasteiger partial charge on any atom is 0.260 e. The highest BCUT2D eigenvalue weighted by Gasteiger charge is 2.41. The molecule has 0 spiro atoms. The molecular formula is C31H22BNO2. The van der Waals surface area contributed by atoms with Crippen LogP contribution in [0.2, 0.25) is 0 Å². The molecule has 0 bridgehead atoms. The van der Waals surface area contributed by atoms with Gasteiger partial charge in [0.15, 0.2) is 0 Å². The molecule has 0 saturated heterocycles. The van der Waals surface area contributed by atoms with Crippen LogP contribution in [0.25, 0.3) is 22.4 Å². The molecule has 5 aromatic rings. The summed E-state index contributed by atoms with van der Waals surface area (Å²) < 4.78 is 13.0. The van der Waals surface area contributed by atoms with Gasteiger partial charge in [-0.05, 0) is 83.4 Å². The molecule has 4 heteroatoms. The summed E-state index contributed by atoms with van der Waals surface area (Å²) in [6, 6.07) is 31.4. The molecule has 0 saturated carbocycles. The number of hydrogen-bond acceptors (Lipinski definition) is 3. The third-order valence-corrected chi connectivity index (χ3v) is 7.14. The Balaban J connectivity index is 1.45. The lowest BCUT2D eigenvalue weighted by Crippen LogP contribution is -2.57. The second-order valence-corrected chi connectivity index (χ2v) is 9.26. The van der Waals surface area contributed by atoms with Gasteiger partial charge in [0.2, 0.25) is 0 Å². The molecule has 0 unspecified atom stereocenters. The molecule has 0 aliphatic carbocycles.